The van der Waals surface area contributed by atoms with Gasteiger partial charge in [0.2, 0.25) is 0 Å². The molecule has 2 aromatic rings. The molecule has 3 rings (SSSR count). The zero-order valence-electron chi connectivity index (χ0n) is 8.44. The molecule has 15 heavy (non-hydrogen) atoms. The third-order valence-electron chi connectivity index (χ3n) is 3.03. The van der Waals surface area contributed by atoms with Gasteiger partial charge in [-0.05, 0) is 16.3 Å². The second-order valence-corrected chi connectivity index (χ2v) is 3.96. The van der Waals surface area contributed by atoms with Crippen molar-refractivity contribution in [2.75, 3.05) is 13.1 Å². The van der Waals surface area contributed by atoms with Crippen LogP contribution in [-0.2, 0) is 0 Å². The van der Waals surface area contributed by atoms with Gasteiger partial charge in [-0.25, -0.2) is 0 Å². The Labute approximate surface area is 95.9 Å². The first-order chi connectivity index (χ1) is 6.93. The first-order valence-electron chi connectivity index (χ1n) is 5.13. The lowest BCUT2D eigenvalue weighted by Gasteiger charge is -2.27. The van der Waals surface area contributed by atoms with Crippen LogP contribution in [0.1, 0.15) is 11.5 Å². The molecule has 2 heteroatoms. The third-order valence-corrected chi connectivity index (χ3v) is 3.03. The summed E-state index contributed by atoms with van der Waals surface area (Å²) in [6, 6.07) is 15.3. The Morgan fingerprint density at radius 2 is 1.67 bits per heavy atom. The highest BCUT2D eigenvalue weighted by atomic mass is 35.5. The van der Waals surface area contributed by atoms with Crippen molar-refractivity contribution in [3.8, 4) is 0 Å². The molecule has 0 atom stereocenters. The molecule has 1 aliphatic rings. The molecule has 1 saturated heterocycles. The minimum Gasteiger partial charge on any atom is -0.315 e. The Morgan fingerprint density at radius 3 is 2.33 bits per heavy atom. The van der Waals surface area contributed by atoms with E-state index in [1.807, 2.05) is 0 Å². The van der Waals surface area contributed by atoms with Crippen LogP contribution in [0.4, 0.5) is 0 Å². The Balaban J connectivity index is 0.000000853. The predicted octanol–water partition coefficient (Wildman–Crippen LogP) is 2.95. The largest absolute Gasteiger partial charge is 0.315 e. The van der Waals surface area contributed by atoms with Gasteiger partial charge < -0.3 is 5.32 Å². The van der Waals surface area contributed by atoms with Crippen LogP contribution in [0.25, 0.3) is 10.8 Å². The Morgan fingerprint density at radius 1 is 0.933 bits per heavy atom. The van der Waals surface area contributed by atoms with Crippen LogP contribution < -0.4 is 5.32 Å². The van der Waals surface area contributed by atoms with Crippen LogP contribution >= 0.6 is 12.4 Å². The average molecular weight is 220 g/mol. The van der Waals surface area contributed by atoms with E-state index in [2.05, 4.69) is 47.8 Å². The summed E-state index contributed by atoms with van der Waals surface area (Å²) in [4.78, 5) is 0. The monoisotopic (exact) mass is 219 g/mol. The van der Waals surface area contributed by atoms with Gasteiger partial charge in [-0.3, -0.25) is 0 Å². The number of rotatable bonds is 1. The van der Waals surface area contributed by atoms with Crippen molar-refractivity contribution in [1.29, 1.82) is 0 Å². The quantitative estimate of drug-likeness (QED) is 0.778. The molecule has 0 aromatic heterocycles. The number of nitrogens with one attached hydrogen (secondary N) is 1. The molecule has 78 valence electrons. The van der Waals surface area contributed by atoms with Crippen LogP contribution in [0.15, 0.2) is 42.5 Å². The zero-order chi connectivity index (χ0) is 9.38. The summed E-state index contributed by atoms with van der Waals surface area (Å²) in [6.07, 6.45) is 0. The molecule has 0 spiro atoms. The van der Waals surface area contributed by atoms with E-state index in [9.17, 15) is 0 Å². The Bertz CT molecular complexity index is 463. The highest BCUT2D eigenvalue weighted by molar-refractivity contribution is 5.85. The molecule has 1 N–H and O–H groups in total. The standard InChI is InChI=1S/C13H13N.ClH/c1-2-4-11-7-12(13-8-14-9-13)6-5-10(11)3-1;/h1-7,13-14H,8-9H2;1H. The first-order valence-corrected chi connectivity index (χ1v) is 5.13. The van der Waals surface area contributed by atoms with E-state index < -0.39 is 0 Å². The van der Waals surface area contributed by atoms with Gasteiger partial charge in [0.1, 0.15) is 0 Å². The van der Waals surface area contributed by atoms with Crippen molar-refractivity contribution in [2.24, 2.45) is 0 Å². The van der Waals surface area contributed by atoms with E-state index in [4.69, 9.17) is 0 Å². The Hall–Kier alpha value is -1.05. The van der Waals surface area contributed by atoms with Gasteiger partial charge in [-0.15, -0.1) is 12.4 Å². The maximum atomic E-state index is 3.31. The van der Waals surface area contributed by atoms with Crippen molar-refractivity contribution in [3.05, 3.63) is 48.0 Å². The van der Waals surface area contributed by atoms with E-state index in [1.54, 1.807) is 0 Å². The molecule has 1 fully saturated rings. The molecular weight excluding hydrogens is 206 g/mol. The average Bonchev–Trinajstić information content (AvgIpc) is 2.15. The van der Waals surface area contributed by atoms with Crippen molar-refractivity contribution in [1.82, 2.24) is 5.32 Å². The van der Waals surface area contributed by atoms with Crippen LogP contribution in [0.3, 0.4) is 0 Å². The normalized spacial score (nSPS) is 15.7. The SMILES string of the molecule is Cl.c1ccc2cc(C3CNC3)ccc2c1. The van der Waals surface area contributed by atoms with Gasteiger partial charge in [-0.1, -0.05) is 42.5 Å². The molecule has 2 aromatic carbocycles. The van der Waals surface area contributed by atoms with E-state index in [-0.39, 0.29) is 12.4 Å². The summed E-state index contributed by atoms with van der Waals surface area (Å²) in [5.74, 6) is 0.736. The van der Waals surface area contributed by atoms with E-state index in [0.29, 0.717) is 0 Å². The first kappa shape index (κ1) is 10.5. The number of hydrogen-bond donors (Lipinski definition) is 1. The molecule has 0 aliphatic carbocycles. The van der Waals surface area contributed by atoms with E-state index >= 15 is 0 Å². The Kier molecular flexibility index (Phi) is 2.94. The predicted molar refractivity (Wildman–Crippen MR) is 66.8 cm³/mol. The van der Waals surface area contributed by atoms with E-state index in [1.165, 1.54) is 16.3 Å². The van der Waals surface area contributed by atoms with Gasteiger partial charge in [0.05, 0.1) is 0 Å². The second kappa shape index (κ2) is 4.21. The third kappa shape index (κ3) is 1.85. The number of halogens is 1. The van der Waals surface area contributed by atoms with Crippen LogP contribution in [0.2, 0.25) is 0 Å². The van der Waals surface area contributed by atoms with Crippen molar-refractivity contribution >= 4 is 23.2 Å². The van der Waals surface area contributed by atoms with E-state index in [0.717, 1.165) is 19.0 Å². The zero-order valence-corrected chi connectivity index (χ0v) is 9.26. The fourth-order valence-electron chi connectivity index (χ4n) is 1.99. The van der Waals surface area contributed by atoms with Gasteiger partial charge in [0.25, 0.3) is 0 Å². The minimum absolute atomic E-state index is 0. The van der Waals surface area contributed by atoms with Gasteiger partial charge in [-0.2, -0.15) is 0 Å². The maximum Gasteiger partial charge on any atom is 0.00887 e. The molecule has 0 bridgehead atoms. The molecule has 1 heterocycles. The minimum atomic E-state index is 0. The summed E-state index contributed by atoms with van der Waals surface area (Å²) in [5.41, 5.74) is 1.47. The van der Waals surface area contributed by atoms with Crippen LogP contribution in [0.5, 0.6) is 0 Å². The summed E-state index contributed by atoms with van der Waals surface area (Å²) in [5, 5.41) is 6.00. The lowest BCUT2D eigenvalue weighted by atomic mass is 9.92. The molecule has 0 radical (unpaired) electrons. The molecule has 0 amide bonds. The van der Waals surface area contributed by atoms with Gasteiger partial charge in [0.15, 0.2) is 0 Å². The summed E-state index contributed by atoms with van der Waals surface area (Å²) >= 11 is 0. The fourth-order valence-corrected chi connectivity index (χ4v) is 1.99. The lowest BCUT2D eigenvalue weighted by molar-refractivity contribution is 0.449. The number of benzene rings is 2. The number of hydrogen-bond acceptors (Lipinski definition) is 1. The maximum absolute atomic E-state index is 3.31. The van der Waals surface area contributed by atoms with Gasteiger partial charge in [0, 0.05) is 19.0 Å². The number of fused-ring (bicyclic) bond motifs is 1. The molecule has 1 aliphatic heterocycles. The fraction of sp³-hybridized carbons (Fsp3) is 0.231. The topological polar surface area (TPSA) is 12.0 Å². The molecular formula is C13H14ClN. The van der Waals surface area contributed by atoms with Crippen LogP contribution in [0, 0.1) is 0 Å². The van der Waals surface area contributed by atoms with Crippen molar-refractivity contribution in [3.63, 3.8) is 0 Å². The summed E-state index contributed by atoms with van der Waals surface area (Å²) in [7, 11) is 0. The summed E-state index contributed by atoms with van der Waals surface area (Å²) in [6.45, 7) is 2.27. The highest BCUT2D eigenvalue weighted by Gasteiger charge is 2.18. The smallest absolute Gasteiger partial charge is 0.00887 e. The van der Waals surface area contributed by atoms with Crippen molar-refractivity contribution < 1.29 is 0 Å². The molecule has 1 nitrogen and oxygen atoms in total. The lowest BCUT2D eigenvalue weighted by Crippen LogP contribution is -2.39. The van der Waals surface area contributed by atoms with Crippen molar-refractivity contribution in [2.45, 2.75) is 5.92 Å². The second-order valence-electron chi connectivity index (χ2n) is 3.96. The molecule has 0 unspecified atom stereocenters. The van der Waals surface area contributed by atoms with Gasteiger partial charge >= 0.3 is 0 Å². The highest BCUT2D eigenvalue weighted by Crippen LogP contribution is 2.23. The summed E-state index contributed by atoms with van der Waals surface area (Å²) < 4.78 is 0. The molecule has 0 saturated carbocycles. The van der Waals surface area contributed by atoms with Crippen LogP contribution in [-0.4, -0.2) is 13.1 Å².